The van der Waals surface area contributed by atoms with Gasteiger partial charge in [0.15, 0.2) is 11.5 Å². The number of hydrogen-bond donors (Lipinski definition) is 2. The zero-order valence-corrected chi connectivity index (χ0v) is 21.1. The highest BCUT2D eigenvalue weighted by molar-refractivity contribution is 5.96. The molecule has 2 N–H and O–H groups in total. The maximum Gasteiger partial charge on any atom is 0.181 e. The first-order valence-electron chi connectivity index (χ1n) is 12.6. The number of aromatic nitrogens is 7. The van der Waals surface area contributed by atoms with E-state index in [-0.39, 0.29) is 0 Å². The lowest BCUT2D eigenvalue weighted by Crippen LogP contribution is -1.96. The Hall–Kier alpha value is -5.37. The number of pyridine rings is 3. The molecule has 0 aliphatic carbocycles. The molecule has 0 spiro atoms. The van der Waals surface area contributed by atoms with E-state index in [0.29, 0.717) is 18.1 Å². The predicted octanol–water partition coefficient (Wildman–Crippen LogP) is 6.51. The van der Waals surface area contributed by atoms with Crippen molar-refractivity contribution >= 4 is 22.1 Å². The number of aromatic amines is 2. The topological polar surface area (TPSA) is 105 Å². The lowest BCUT2D eigenvalue weighted by molar-refractivity contribution is 0.306. The van der Waals surface area contributed by atoms with Gasteiger partial charge in [0.2, 0.25) is 0 Å². The van der Waals surface area contributed by atoms with Crippen LogP contribution in [0.4, 0.5) is 0 Å². The second-order valence-corrected chi connectivity index (χ2v) is 9.39. The number of hydrogen-bond acceptors (Lipinski definition) is 6. The van der Waals surface area contributed by atoms with E-state index in [4.69, 9.17) is 9.72 Å². The zero-order valence-electron chi connectivity index (χ0n) is 21.1. The number of fused-ring (bicyclic) bond motifs is 2. The first-order chi connectivity index (χ1) is 19.2. The molecular formula is C31H23N7O. The van der Waals surface area contributed by atoms with Gasteiger partial charge < -0.3 is 9.72 Å². The Balaban J connectivity index is 1.26. The molecule has 7 rings (SSSR count). The van der Waals surface area contributed by atoms with E-state index in [1.807, 2.05) is 54.7 Å². The van der Waals surface area contributed by atoms with Crippen LogP contribution in [0.1, 0.15) is 11.1 Å². The van der Waals surface area contributed by atoms with Crippen molar-refractivity contribution in [3.63, 3.8) is 0 Å². The number of aryl methyl sites for hydroxylation is 1. The van der Waals surface area contributed by atoms with Crippen molar-refractivity contribution in [2.75, 3.05) is 0 Å². The molecule has 39 heavy (non-hydrogen) atoms. The number of nitrogens with zero attached hydrogens (tertiary/aromatic N) is 5. The van der Waals surface area contributed by atoms with E-state index in [1.54, 1.807) is 18.6 Å². The molecule has 5 heterocycles. The maximum absolute atomic E-state index is 6.12. The Morgan fingerprint density at radius 3 is 2.62 bits per heavy atom. The minimum absolute atomic E-state index is 0.509. The first-order valence-corrected chi connectivity index (χ1v) is 12.6. The maximum atomic E-state index is 6.12. The summed E-state index contributed by atoms with van der Waals surface area (Å²) >= 11 is 0. The molecule has 7 aromatic rings. The summed E-state index contributed by atoms with van der Waals surface area (Å²) in [4.78, 5) is 21.7. The van der Waals surface area contributed by atoms with E-state index in [1.165, 1.54) is 0 Å². The van der Waals surface area contributed by atoms with Crippen molar-refractivity contribution < 1.29 is 4.74 Å². The van der Waals surface area contributed by atoms with Gasteiger partial charge in [0.05, 0.1) is 16.6 Å². The number of rotatable bonds is 6. The van der Waals surface area contributed by atoms with Crippen LogP contribution in [0.2, 0.25) is 0 Å². The van der Waals surface area contributed by atoms with Crippen LogP contribution < -0.4 is 4.74 Å². The van der Waals surface area contributed by atoms with E-state index in [9.17, 15) is 0 Å². The summed E-state index contributed by atoms with van der Waals surface area (Å²) in [7, 11) is 0. The predicted molar refractivity (Wildman–Crippen MR) is 151 cm³/mol. The Kier molecular flexibility index (Phi) is 5.55. The van der Waals surface area contributed by atoms with Gasteiger partial charge in [0.1, 0.15) is 23.6 Å². The Morgan fingerprint density at radius 2 is 1.74 bits per heavy atom. The molecule has 0 fully saturated rings. The highest BCUT2D eigenvalue weighted by Crippen LogP contribution is 2.33. The van der Waals surface area contributed by atoms with E-state index in [0.717, 1.165) is 61.4 Å². The SMILES string of the molecule is Cc1cc(OCc2ccccc2)cc(-c2cnc3n[nH]c(-c4nc5c(-c6cccnc6)nccc5[nH]4)c3c2)c1. The van der Waals surface area contributed by atoms with E-state index >= 15 is 0 Å². The fourth-order valence-electron chi connectivity index (χ4n) is 4.74. The van der Waals surface area contributed by atoms with Gasteiger partial charge in [-0.05, 0) is 60.0 Å². The van der Waals surface area contributed by atoms with Crippen molar-refractivity contribution in [3.05, 3.63) is 109 Å². The Bertz CT molecular complexity index is 1930. The van der Waals surface area contributed by atoms with Gasteiger partial charge >= 0.3 is 0 Å². The fourth-order valence-corrected chi connectivity index (χ4v) is 4.74. The average Bonchev–Trinajstić information content (AvgIpc) is 3.60. The van der Waals surface area contributed by atoms with Gasteiger partial charge in [0, 0.05) is 35.9 Å². The van der Waals surface area contributed by atoms with Crippen LogP contribution >= 0.6 is 0 Å². The molecule has 0 unspecified atom stereocenters. The molecule has 0 bridgehead atoms. The number of nitrogens with one attached hydrogen (secondary N) is 2. The third-order valence-electron chi connectivity index (χ3n) is 6.61. The minimum atomic E-state index is 0.509. The molecule has 0 atom stereocenters. The van der Waals surface area contributed by atoms with Crippen LogP contribution in [-0.2, 0) is 6.61 Å². The Labute approximate surface area is 223 Å². The van der Waals surface area contributed by atoms with Gasteiger partial charge in [-0.15, -0.1) is 0 Å². The van der Waals surface area contributed by atoms with Crippen LogP contribution in [0.3, 0.4) is 0 Å². The molecular weight excluding hydrogens is 486 g/mol. The standard InChI is InChI=1S/C31H23N7O/c1-19-12-22(14-24(13-19)39-18-20-6-3-2-4-7-20)23-15-25-28(37-38-30(25)34-17-23)31-35-26-9-11-33-27(29(26)36-31)21-8-5-10-32-16-21/h2-17H,18H2,1H3,(H,35,36)(H,34,37,38). The quantitative estimate of drug-likeness (QED) is 0.265. The summed E-state index contributed by atoms with van der Waals surface area (Å²) in [5.74, 6) is 1.48. The molecule has 0 saturated carbocycles. The minimum Gasteiger partial charge on any atom is -0.489 e. The molecule has 188 valence electrons. The van der Waals surface area contributed by atoms with Crippen LogP contribution in [-0.4, -0.2) is 35.1 Å². The van der Waals surface area contributed by atoms with Crippen LogP contribution in [0.15, 0.2) is 97.6 Å². The lowest BCUT2D eigenvalue weighted by atomic mass is 10.0. The largest absolute Gasteiger partial charge is 0.489 e. The van der Waals surface area contributed by atoms with E-state index < -0.39 is 0 Å². The number of H-pyrrole nitrogens is 2. The second-order valence-electron chi connectivity index (χ2n) is 9.39. The normalized spacial score (nSPS) is 11.3. The smallest absolute Gasteiger partial charge is 0.181 e. The van der Waals surface area contributed by atoms with Crippen molar-refractivity contribution in [3.8, 4) is 39.7 Å². The Morgan fingerprint density at radius 1 is 0.821 bits per heavy atom. The van der Waals surface area contributed by atoms with Crippen LogP contribution in [0, 0.1) is 6.92 Å². The fraction of sp³-hybridized carbons (Fsp3) is 0.0645. The van der Waals surface area contributed by atoms with Crippen molar-refractivity contribution in [2.24, 2.45) is 0 Å². The van der Waals surface area contributed by atoms with Crippen molar-refractivity contribution in [1.29, 1.82) is 0 Å². The first kappa shape index (κ1) is 22.8. The molecule has 0 saturated heterocycles. The zero-order chi connectivity index (χ0) is 26.2. The molecule has 0 aliphatic rings. The number of benzene rings is 2. The summed E-state index contributed by atoms with van der Waals surface area (Å²) < 4.78 is 6.12. The highest BCUT2D eigenvalue weighted by atomic mass is 16.5. The van der Waals surface area contributed by atoms with Gasteiger partial charge in [0.25, 0.3) is 0 Å². The summed E-state index contributed by atoms with van der Waals surface area (Å²) in [5, 5.41) is 8.43. The third-order valence-corrected chi connectivity index (χ3v) is 6.61. The summed E-state index contributed by atoms with van der Waals surface area (Å²) in [6.07, 6.45) is 7.14. The van der Waals surface area contributed by atoms with Crippen LogP contribution in [0.25, 0.3) is 56.0 Å². The second kappa shape index (κ2) is 9.50. The van der Waals surface area contributed by atoms with Crippen molar-refractivity contribution in [2.45, 2.75) is 13.5 Å². The van der Waals surface area contributed by atoms with Gasteiger partial charge in [-0.1, -0.05) is 36.4 Å². The van der Waals surface area contributed by atoms with Gasteiger partial charge in [-0.25, -0.2) is 9.97 Å². The molecule has 8 heteroatoms. The summed E-state index contributed by atoms with van der Waals surface area (Å²) in [5.41, 5.74) is 8.93. The van der Waals surface area contributed by atoms with Gasteiger partial charge in [-0.3, -0.25) is 15.1 Å². The number of imidazole rings is 1. The number of ether oxygens (including phenoxy) is 1. The molecule has 0 aliphatic heterocycles. The van der Waals surface area contributed by atoms with Crippen molar-refractivity contribution in [1.82, 2.24) is 35.1 Å². The van der Waals surface area contributed by atoms with Crippen LogP contribution in [0.5, 0.6) is 5.75 Å². The molecule has 0 radical (unpaired) electrons. The molecule has 2 aromatic carbocycles. The molecule has 8 nitrogen and oxygen atoms in total. The summed E-state index contributed by atoms with van der Waals surface area (Å²) in [6.45, 7) is 2.57. The molecule has 5 aromatic heterocycles. The average molecular weight is 510 g/mol. The molecule has 0 amide bonds. The monoisotopic (exact) mass is 509 g/mol. The van der Waals surface area contributed by atoms with E-state index in [2.05, 4.69) is 61.3 Å². The lowest BCUT2D eigenvalue weighted by Gasteiger charge is -2.10. The highest BCUT2D eigenvalue weighted by Gasteiger charge is 2.17. The third kappa shape index (κ3) is 4.38. The van der Waals surface area contributed by atoms with Gasteiger partial charge in [-0.2, -0.15) is 5.10 Å². The summed E-state index contributed by atoms with van der Waals surface area (Å²) in [6, 6.07) is 24.2.